The third-order valence-electron chi connectivity index (χ3n) is 3.08. The molecule has 5 heteroatoms. The van der Waals surface area contributed by atoms with Gasteiger partial charge in [-0.15, -0.1) is 0 Å². The molecule has 5 nitrogen and oxygen atoms in total. The third-order valence-corrected chi connectivity index (χ3v) is 3.08. The first-order valence-electron chi connectivity index (χ1n) is 6.42. The Kier molecular flexibility index (Phi) is 3.47. The Morgan fingerprint density at radius 2 is 1.86 bits per heavy atom. The van der Waals surface area contributed by atoms with Crippen molar-refractivity contribution in [2.24, 2.45) is 0 Å². The second-order valence-corrected chi connectivity index (χ2v) is 4.45. The highest BCUT2D eigenvalue weighted by atomic mass is 16.5. The molecule has 3 aromatic rings. The van der Waals surface area contributed by atoms with Crippen LogP contribution in [0.15, 0.2) is 59.7 Å². The van der Waals surface area contributed by atoms with Crippen LogP contribution in [0.1, 0.15) is 0 Å². The molecule has 0 saturated carbocycles. The largest absolute Gasteiger partial charge is 0.497 e. The van der Waals surface area contributed by atoms with Gasteiger partial charge in [0.15, 0.2) is 0 Å². The minimum Gasteiger partial charge on any atom is -0.497 e. The molecule has 0 radical (unpaired) electrons. The molecular weight excluding hydrogens is 266 g/mol. The standard InChI is InChI=1S/C16H13N3O2/c1-21-13-4-2-3-12(9-13)16-18-14(10-15(20)19-16)11-5-7-17-8-6-11/h2-10H,1H3,(H,18,19,20). The third kappa shape index (κ3) is 2.81. The van der Waals surface area contributed by atoms with E-state index >= 15 is 0 Å². The van der Waals surface area contributed by atoms with E-state index in [-0.39, 0.29) is 5.56 Å². The fraction of sp³-hybridized carbons (Fsp3) is 0.0625. The fourth-order valence-electron chi connectivity index (χ4n) is 2.05. The molecule has 2 heterocycles. The van der Waals surface area contributed by atoms with Crippen LogP contribution in [0.2, 0.25) is 0 Å². The van der Waals surface area contributed by atoms with Gasteiger partial charge in [0, 0.05) is 29.6 Å². The zero-order valence-electron chi connectivity index (χ0n) is 11.4. The summed E-state index contributed by atoms with van der Waals surface area (Å²) in [7, 11) is 1.60. The van der Waals surface area contributed by atoms with Gasteiger partial charge in [0.25, 0.3) is 5.56 Å². The van der Waals surface area contributed by atoms with Crippen LogP contribution in [0.3, 0.4) is 0 Å². The van der Waals surface area contributed by atoms with Crippen molar-refractivity contribution in [1.29, 1.82) is 0 Å². The molecule has 0 aliphatic rings. The SMILES string of the molecule is COc1cccc(-c2nc(=O)cc(-c3ccncc3)[nH]2)c1. The molecule has 0 aliphatic heterocycles. The molecule has 3 rings (SSSR count). The van der Waals surface area contributed by atoms with Crippen molar-refractivity contribution in [2.45, 2.75) is 0 Å². The molecule has 21 heavy (non-hydrogen) atoms. The molecule has 0 fully saturated rings. The van der Waals surface area contributed by atoms with Crippen LogP contribution >= 0.6 is 0 Å². The van der Waals surface area contributed by atoms with Gasteiger partial charge < -0.3 is 9.72 Å². The van der Waals surface area contributed by atoms with Crippen molar-refractivity contribution < 1.29 is 4.74 Å². The normalized spacial score (nSPS) is 10.3. The summed E-state index contributed by atoms with van der Waals surface area (Å²) in [5.74, 6) is 1.22. The molecule has 0 atom stereocenters. The van der Waals surface area contributed by atoms with Gasteiger partial charge in [0.05, 0.1) is 12.8 Å². The summed E-state index contributed by atoms with van der Waals surface area (Å²) < 4.78 is 5.19. The second-order valence-electron chi connectivity index (χ2n) is 4.45. The predicted octanol–water partition coefficient (Wildman–Crippen LogP) is 2.51. The highest BCUT2D eigenvalue weighted by molar-refractivity contribution is 5.63. The topological polar surface area (TPSA) is 67.9 Å². The summed E-state index contributed by atoms with van der Waals surface area (Å²) in [6, 6.07) is 12.5. The Labute approximate surface area is 121 Å². The maximum absolute atomic E-state index is 11.8. The zero-order chi connectivity index (χ0) is 14.7. The lowest BCUT2D eigenvalue weighted by molar-refractivity contribution is 0.415. The van der Waals surface area contributed by atoms with Crippen LogP contribution in [0.4, 0.5) is 0 Å². The number of ether oxygens (including phenoxy) is 1. The van der Waals surface area contributed by atoms with Gasteiger partial charge in [-0.3, -0.25) is 9.78 Å². The van der Waals surface area contributed by atoms with Gasteiger partial charge in [-0.2, -0.15) is 4.98 Å². The lowest BCUT2D eigenvalue weighted by atomic mass is 10.1. The van der Waals surface area contributed by atoms with Crippen LogP contribution in [0.5, 0.6) is 5.75 Å². The Morgan fingerprint density at radius 3 is 2.62 bits per heavy atom. The molecule has 0 spiro atoms. The van der Waals surface area contributed by atoms with Crippen LogP contribution in [-0.4, -0.2) is 22.1 Å². The molecule has 0 saturated heterocycles. The summed E-state index contributed by atoms with van der Waals surface area (Å²) in [6.07, 6.45) is 3.36. The van der Waals surface area contributed by atoms with E-state index < -0.39 is 0 Å². The quantitative estimate of drug-likeness (QED) is 0.800. The van der Waals surface area contributed by atoms with E-state index in [0.717, 1.165) is 11.1 Å². The van der Waals surface area contributed by atoms with Crippen molar-refractivity contribution >= 4 is 0 Å². The fourth-order valence-corrected chi connectivity index (χ4v) is 2.05. The molecule has 0 aliphatic carbocycles. The van der Waals surface area contributed by atoms with Gasteiger partial charge in [-0.1, -0.05) is 12.1 Å². The number of nitrogens with one attached hydrogen (secondary N) is 1. The molecule has 104 valence electrons. The Hall–Kier alpha value is -2.95. The minimum absolute atomic E-state index is 0.293. The summed E-state index contributed by atoms with van der Waals surface area (Å²) in [5.41, 5.74) is 2.09. The van der Waals surface area contributed by atoms with Crippen LogP contribution < -0.4 is 10.3 Å². The van der Waals surface area contributed by atoms with E-state index in [1.54, 1.807) is 19.5 Å². The highest BCUT2D eigenvalue weighted by Gasteiger charge is 2.06. The van der Waals surface area contributed by atoms with E-state index in [2.05, 4.69) is 15.0 Å². The van der Waals surface area contributed by atoms with Gasteiger partial charge in [-0.25, -0.2) is 0 Å². The Morgan fingerprint density at radius 1 is 1.05 bits per heavy atom. The number of H-pyrrole nitrogens is 1. The lowest BCUT2D eigenvalue weighted by Crippen LogP contribution is -2.08. The lowest BCUT2D eigenvalue weighted by Gasteiger charge is -2.07. The smallest absolute Gasteiger partial charge is 0.273 e. The van der Waals surface area contributed by atoms with Crippen molar-refractivity contribution in [2.75, 3.05) is 7.11 Å². The molecule has 0 amide bonds. The number of aromatic amines is 1. The number of hydrogen-bond donors (Lipinski definition) is 1. The first kappa shape index (κ1) is 13.1. The first-order chi connectivity index (χ1) is 10.3. The van der Waals surface area contributed by atoms with Gasteiger partial charge >= 0.3 is 0 Å². The molecule has 1 aromatic carbocycles. The average molecular weight is 279 g/mol. The van der Waals surface area contributed by atoms with Crippen LogP contribution in [0.25, 0.3) is 22.6 Å². The number of nitrogens with zero attached hydrogens (tertiary/aromatic N) is 2. The zero-order valence-corrected chi connectivity index (χ0v) is 11.4. The highest BCUT2D eigenvalue weighted by Crippen LogP contribution is 2.22. The van der Waals surface area contributed by atoms with E-state index in [4.69, 9.17) is 4.74 Å². The monoisotopic (exact) mass is 279 g/mol. The van der Waals surface area contributed by atoms with Crippen molar-refractivity contribution in [1.82, 2.24) is 15.0 Å². The number of hydrogen-bond acceptors (Lipinski definition) is 4. The van der Waals surface area contributed by atoms with Crippen LogP contribution in [-0.2, 0) is 0 Å². The molecule has 1 N–H and O–H groups in total. The van der Waals surface area contributed by atoms with E-state index in [9.17, 15) is 4.79 Å². The van der Waals surface area contributed by atoms with Crippen molar-refractivity contribution in [3.8, 4) is 28.4 Å². The minimum atomic E-state index is -0.293. The molecular formula is C16H13N3O2. The summed E-state index contributed by atoms with van der Waals surface area (Å²) >= 11 is 0. The van der Waals surface area contributed by atoms with Crippen molar-refractivity contribution in [3.05, 3.63) is 65.2 Å². The average Bonchev–Trinajstić information content (AvgIpc) is 2.55. The van der Waals surface area contributed by atoms with E-state index in [1.165, 1.54) is 6.07 Å². The van der Waals surface area contributed by atoms with Crippen molar-refractivity contribution in [3.63, 3.8) is 0 Å². The van der Waals surface area contributed by atoms with E-state index in [0.29, 0.717) is 17.3 Å². The maximum atomic E-state index is 11.8. The van der Waals surface area contributed by atoms with Gasteiger partial charge in [0.1, 0.15) is 11.6 Å². The Balaban J connectivity index is 2.12. The number of methoxy groups -OCH3 is 1. The van der Waals surface area contributed by atoms with Gasteiger partial charge in [-0.05, 0) is 24.3 Å². The molecule has 0 bridgehead atoms. The first-order valence-corrected chi connectivity index (χ1v) is 6.42. The summed E-state index contributed by atoms with van der Waals surface area (Å²) in [6.45, 7) is 0. The summed E-state index contributed by atoms with van der Waals surface area (Å²) in [4.78, 5) is 23.0. The number of aromatic nitrogens is 3. The number of benzene rings is 1. The molecule has 2 aromatic heterocycles. The number of pyridine rings is 1. The van der Waals surface area contributed by atoms with Gasteiger partial charge in [0.2, 0.25) is 0 Å². The van der Waals surface area contributed by atoms with Crippen LogP contribution in [0, 0.1) is 0 Å². The maximum Gasteiger partial charge on any atom is 0.273 e. The predicted molar refractivity (Wildman–Crippen MR) is 80.1 cm³/mol. The Bertz CT molecular complexity index is 813. The summed E-state index contributed by atoms with van der Waals surface area (Å²) in [5, 5.41) is 0. The van der Waals surface area contributed by atoms with E-state index in [1.807, 2.05) is 36.4 Å². The number of rotatable bonds is 3. The molecule has 0 unspecified atom stereocenters. The second kappa shape index (κ2) is 5.58.